The van der Waals surface area contributed by atoms with Gasteiger partial charge in [-0.05, 0) is 30.4 Å². The third kappa shape index (κ3) is 9.07. The van der Waals surface area contributed by atoms with E-state index in [1.54, 1.807) is 4.90 Å². The summed E-state index contributed by atoms with van der Waals surface area (Å²) in [5.74, 6) is -0.307. The number of ether oxygens (including phenoxy) is 1. The Bertz CT molecular complexity index is 785. The van der Waals surface area contributed by atoms with Crippen molar-refractivity contribution in [2.75, 3.05) is 13.2 Å². The first-order valence-electron chi connectivity index (χ1n) is 10.1. The summed E-state index contributed by atoms with van der Waals surface area (Å²) < 4.78 is 5.26. The molecule has 1 amide bonds. The standard InChI is InChI=1S/C24H28N2O3/c25-17-9-18-26(20-22-12-5-2-6-13-22)23(27)15-7-16-24(28)29-19-8-14-21-10-3-1-4-11-21/h1-6,10-13H,7-9,14-16,18-20H2. The lowest BCUT2D eigenvalue weighted by Crippen LogP contribution is -2.31. The summed E-state index contributed by atoms with van der Waals surface area (Å²) in [6.07, 6.45) is 2.91. The molecule has 0 spiro atoms. The smallest absolute Gasteiger partial charge is 0.305 e. The zero-order valence-corrected chi connectivity index (χ0v) is 16.8. The van der Waals surface area contributed by atoms with E-state index < -0.39 is 0 Å². The molecule has 152 valence electrons. The molecule has 0 unspecified atom stereocenters. The lowest BCUT2D eigenvalue weighted by Gasteiger charge is -2.21. The fraction of sp³-hybridized carbons (Fsp3) is 0.375. The molecule has 29 heavy (non-hydrogen) atoms. The Labute approximate surface area is 172 Å². The molecule has 0 saturated heterocycles. The van der Waals surface area contributed by atoms with Gasteiger partial charge >= 0.3 is 5.97 Å². The van der Waals surface area contributed by atoms with Crippen LogP contribution >= 0.6 is 0 Å². The topological polar surface area (TPSA) is 70.4 Å². The van der Waals surface area contributed by atoms with Crippen LogP contribution in [-0.2, 0) is 27.3 Å². The largest absolute Gasteiger partial charge is 0.466 e. The number of nitriles is 1. The molecule has 0 aromatic heterocycles. The minimum absolute atomic E-state index is 0.0408. The van der Waals surface area contributed by atoms with E-state index >= 15 is 0 Å². The predicted octanol–water partition coefficient (Wildman–Crippen LogP) is 4.28. The number of esters is 1. The molecule has 0 bridgehead atoms. The molecule has 2 aromatic carbocycles. The molecule has 0 N–H and O–H groups in total. The molecule has 0 atom stereocenters. The number of rotatable bonds is 12. The average Bonchev–Trinajstić information content (AvgIpc) is 2.75. The van der Waals surface area contributed by atoms with Gasteiger partial charge in [0.2, 0.25) is 5.91 Å². The van der Waals surface area contributed by atoms with E-state index in [4.69, 9.17) is 10.00 Å². The van der Waals surface area contributed by atoms with Crippen molar-refractivity contribution in [2.45, 2.75) is 45.1 Å². The van der Waals surface area contributed by atoms with Gasteiger partial charge in [-0.25, -0.2) is 0 Å². The number of benzene rings is 2. The van der Waals surface area contributed by atoms with Crippen LogP contribution in [0.2, 0.25) is 0 Å². The molecular weight excluding hydrogens is 364 g/mol. The number of carbonyl (C=O) groups is 2. The molecule has 0 aliphatic carbocycles. The molecule has 0 aliphatic rings. The SMILES string of the molecule is N#CCCN(Cc1ccccc1)C(=O)CCCC(=O)OCCCc1ccccc1. The van der Waals surface area contributed by atoms with Crippen molar-refractivity contribution in [3.63, 3.8) is 0 Å². The fourth-order valence-electron chi connectivity index (χ4n) is 3.00. The molecule has 0 fully saturated rings. The molecule has 5 heteroatoms. The second-order valence-electron chi connectivity index (χ2n) is 6.87. The Morgan fingerprint density at radius 2 is 1.55 bits per heavy atom. The van der Waals surface area contributed by atoms with Crippen molar-refractivity contribution in [1.82, 2.24) is 4.90 Å². The second kappa shape index (κ2) is 13.1. The van der Waals surface area contributed by atoms with Crippen LogP contribution in [0.25, 0.3) is 0 Å². The first-order chi connectivity index (χ1) is 14.2. The quantitative estimate of drug-likeness (QED) is 0.399. The Hall–Kier alpha value is -3.13. The normalized spacial score (nSPS) is 10.2. The number of nitrogens with zero attached hydrogens (tertiary/aromatic N) is 2. The first-order valence-corrected chi connectivity index (χ1v) is 10.1. The zero-order valence-electron chi connectivity index (χ0n) is 16.8. The number of amides is 1. The summed E-state index contributed by atoms with van der Waals surface area (Å²) in [4.78, 5) is 26.1. The fourth-order valence-corrected chi connectivity index (χ4v) is 3.00. The number of aryl methyl sites for hydroxylation is 1. The molecule has 2 rings (SSSR count). The van der Waals surface area contributed by atoms with Crippen molar-refractivity contribution in [3.05, 3.63) is 71.8 Å². The van der Waals surface area contributed by atoms with Gasteiger partial charge in [0.25, 0.3) is 0 Å². The molecule has 0 radical (unpaired) electrons. The van der Waals surface area contributed by atoms with Crippen LogP contribution in [0.15, 0.2) is 60.7 Å². The van der Waals surface area contributed by atoms with Gasteiger partial charge in [0.05, 0.1) is 19.1 Å². The van der Waals surface area contributed by atoms with Gasteiger partial charge in [-0.2, -0.15) is 5.26 Å². The molecule has 0 saturated carbocycles. The van der Waals surface area contributed by atoms with Crippen molar-refractivity contribution in [3.8, 4) is 6.07 Å². The van der Waals surface area contributed by atoms with Crippen LogP contribution in [0, 0.1) is 11.3 Å². The summed E-state index contributed by atoms with van der Waals surface area (Å²) in [6.45, 7) is 1.27. The Kier molecular flexibility index (Phi) is 10.0. The lowest BCUT2D eigenvalue weighted by molar-refractivity contribution is -0.144. The highest BCUT2D eigenvalue weighted by molar-refractivity contribution is 5.77. The minimum atomic E-state index is -0.266. The van der Waals surface area contributed by atoms with E-state index in [1.165, 1.54) is 5.56 Å². The van der Waals surface area contributed by atoms with E-state index in [2.05, 4.69) is 18.2 Å². The van der Waals surface area contributed by atoms with Crippen LogP contribution in [0.1, 0.15) is 43.2 Å². The van der Waals surface area contributed by atoms with Gasteiger partial charge in [0.1, 0.15) is 0 Å². The summed E-state index contributed by atoms with van der Waals surface area (Å²) >= 11 is 0. The van der Waals surface area contributed by atoms with Gasteiger partial charge in [-0.1, -0.05) is 60.7 Å². The highest BCUT2D eigenvalue weighted by Crippen LogP contribution is 2.10. The average molecular weight is 392 g/mol. The van der Waals surface area contributed by atoms with Crippen LogP contribution in [-0.4, -0.2) is 29.9 Å². The van der Waals surface area contributed by atoms with Gasteiger partial charge < -0.3 is 9.64 Å². The third-order valence-electron chi connectivity index (χ3n) is 4.55. The Morgan fingerprint density at radius 3 is 2.21 bits per heavy atom. The molecule has 2 aromatic rings. The van der Waals surface area contributed by atoms with Gasteiger partial charge in [-0.15, -0.1) is 0 Å². The minimum Gasteiger partial charge on any atom is -0.466 e. The zero-order chi connectivity index (χ0) is 20.7. The Balaban J connectivity index is 1.66. The van der Waals surface area contributed by atoms with E-state index in [0.717, 1.165) is 18.4 Å². The second-order valence-corrected chi connectivity index (χ2v) is 6.87. The predicted molar refractivity (Wildman–Crippen MR) is 112 cm³/mol. The van der Waals surface area contributed by atoms with E-state index in [1.807, 2.05) is 48.5 Å². The van der Waals surface area contributed by atoms with Gasteiger partial charge in [0, 0.05) is 25.9 Å². The maximum atomic E-state index is 12.5. The molecule has 0 aliphatic heterocycles. The van der Waals surface area contributed by atoms with Crippen LogP contribution in [0.3, 0.4) is 0 Å². The highest BCUT2D eigenvalue weighted by atomic mass is 16.5. The van der Waals surface area contributed by atoms with Crippen molar-refractivity contribution >= 4 is 11.9 Å². The van der Waals surface area contributed by atoms with E-state index in [-0.39, 0.29) is 24.7 Å². The first kappa shape index (κ1) is 22.2. The van der Waals surface area contributed by atoms with E-state index in [0.29, 0.717) is 32.5 Å². The van der Waals surface area contributed by atoms with Crippen molar-refractivity contribution in [2.24, 2.45) is 0 Å². The van der Waals surface area contributed by atoms with Crippen LogP contribution in [0.5, 0.6) is 0 Å². The number of carbonyl (C=O) groups excluding carboxylic acids is 2. The molecular formula is C24H28N2O3. The van der Waals surface area contributed by atoms with Crippen LogP contribution in [0.4, 0.5) is 0 Å². The summed E-state index contributed by atoms with van der Waals surface area (Å²) in [7, 11) is 0. The van der Waals surface area contributed by atoms with Gasteiger partial charge in [0.15, 0.2) is 0 Å². The summed E-state index contributed by atoms with van der Waals surface area (Å²) in [6, 6.07) is 21.9. The Morgan fingerprint density at radius 1 is 0.897 bits per heavy atom. The summed E-state index contributed by atoms with van der Waals surface area (Å²) in [5, 5.41) is 8.84. The third-order valence-corrected chi connectivity index (χ3v) is 4.55. The van der Waals surface area contributed by atoms with Crippen molar-refractivity contribution in [1.29, 1.82) is 5.26 Å². The summed E-state index contributed by atoms with van der Waals surface area (Å²) in [5.41, 5.74) is 2.25. The van der Waals surface area contributed by atoms with Crippen LogP contribution < -0.4 is 0 Å². The molecule has 5 nitrogen and oxygen atoms in total. The monoisotopic (exact) mass is 392 g/mol. The number of hydrogen-bond donors (Lipinski definition) is 0. The maximum absolute atomic E-state index is 12.5. The number of hydrogen-bond acceptors (Lipinski definition) is 4. The lowest BCUT2D eigenvalue weighted by atomic mass is 10.1. The van der Waals surface area contributed by atoms with Gasteiger partial charge in [-0.3, -0.25) is 9.59 Å². The van der Waals surface area contributed by atoms with E-state index in [9.17, 15) is 9.59 Å². The maximum Gasteiger partial charge on any atom is 0.305 e. The van der Waals surface area contributed by atoms with Crippen molar-refractivity contribution < 1.29 is 14.3 Å². The highest BCUT2D eigenvalue weighted by Gasteiger charge is 2.14. The molecule has 0 heterocycles.